The summed E-state index contributed by atoms with van der Waals surface area (Å²) in [4.78, 5) is 12.6. The summed E-state index contributed by atoms with van der Waals surface area (Å²) in [5.41, 5.74) is 2.06. The van der Waals surface area contributed by atoms with Crippen LogP contribution in [-0.2, 0) is 0 Å². The van der Waals surface area contributed by atoms with Crippen LogP contribution >= 0.6 is 11.6 Å². The van der Waals surface area contributed by atoms with Crippen molar-refractivity contribution in [1.82, 2.24) is 0 Å². The van der Waals surface area contributed by atoms with E-state index >= 15 is 0 Å². The van der Waals surface area contributed by atoms with E-state index in [0.29, 0.717) is 16.3 Å². The van der Waals surface area contributed by atoms with Crippen LogP contribution in [0.15, 0.2) is 60.7 Å². The average Bonchev–Trinajstić information content (AvgIpc) is 2.55. The molecule has 0 saturated carbocycles. The molecule has 116 valence electrons. The van der Waals surface area contributed by atoms with E-state index in [0.717, 1.165) is 16.3 Å². The van der Waals surface area contributed by atoms with Gasteiger partial charge in [-0.05, 0) is 42.1 Å². The van der Waals surface area contributed by atoms with Crippen LogP contribution < -0.4 is 5.32 Å². The number of hydrogen-bond acceptors (Lipinski definition) is 2. The first-order chi connectivity index (χ1) is 11.1. The van der Waals surface area contributed by atoms with Crippen molar-refractivity contribution in [3.8, 4) is 0 Å². The Kier molecular flexibility index (Phi) is 4.33. The van der Waals surface area contributed by atoms with Gasteiger partial charge in [-0.3, -0.25) is 4.79 Å². The number of aliphatic hydroxyl groups excluding tert-OH is 1. The van der Waals surface area contributed by atoms with Crippen LogP contribution in [0.5, 0.6) is 0 Å². The highest BCUT2D eigenvalue weighted by Gasteiger charge is 2.11. The molecule has 4 heteroatoms. The van der Waals surface area contributed by atoms with E-state index in [1.807, 2.05) is 24.3 Å². The molecule has 0 aliphatic rings. The second-order valence-electron chi connectivity index (χ2n) is 5.39. The minimum Gasteiger partial charge on any atom is -0.389 e. The van der Waals surface area contributed by atoms with E-state index in [1.165, 1.54) is 0 Å². The van der Waals surface area contributed by atoms with Gasteiger partial charge in [-0.25, -0.2) is 0 Å². The molecule has 0 aromatic heterocycles. The number of amides is 1. The number of carbonyl (C=O) groups excluding carboxylic acids is 1. The van der Waals surface area contributed by atoms with Crippen LogP contribution in [0, 0.1) is 0 Å². The predicted octanol–water partition coefficient (Wildman–Crippen LogP) is 4.80. The van der Waals surface area contributed by atoms with Gasteiger partial charge in [-0.1, -0.05) is 48.0 Å². The number of aliphatic hydroxyl groups is 1. The zero-order chi connectivity index (χ0) is 16.4. The molecule has 3 rings (SSSR count). The Morgan fingerprint density at radius 3 is 2.35 bits per heavy atom. The lowest BCUT2D eigenvalue weighted by molar-refractivity contribution is 0.102. The number of hydrogen-bond donors (Lipinski definition) is 2. The molecular formula is C19H16ClNO2. The van der Waals surface area contributed by atoms with Gasteiger partial charge in [0.2, 0.25) is 0 Å². The van der Waals surface area contributed by atoms with Crippen molar-refractivity contribution in [3.63, 3.8) is 0 Å². The third kappa shape index (κ3) is 3.21. The van der Waals surface area contributed by atoms with E-state index in [9.17, 15) is 9.90 Å². The smallest absolute Gasteiger partial charge is 0.256 e. The second kappa shape index (κ2) is 6.41. The highest BCUT2D eigenvalue weighted by molar-refractivity contribution is 6.36. The minimum atomic E-state index is -0.528. The maximum absolute atomic E-state index is 12.6. The summed E-state index contributed by atoms with van der Waals surface area (Å²) in [6.45, 7) is 1.70. The summed E-state index contributed by atoms with van der Waals surface area (Å²) < 4.78 is 0. The van der Waals surface area contributed by atoms with Crippen LogP contribution in [0.25, 0.3) is 10.8 Å². The Morgan fingerprint density at radius 1 is 1.00 bits per heavy atom. The van der Waals surface area contributed by atoms with Gasteiger partial charge in [0.05, 0.1) is 6.10 Å². The van der Waals surface area contributed by atoms with Gasteiger partial charge in [-0.2, -0.15) is 0 Å². The topological polar surface area (TPSA) is 49.3 Å². The number of nitrogens with one attached hydrogen (secondary N) is 1. The van der Waals surface area contributed by atoms with Crippen LogP contribution in [0.4, 0.5) is 5.69 Å². The van der Waals surface area contributed by atoms with Crippen molar-refractivity contribution < 1.29 is 9.90 Å². The zero-order valence-electron chi connectivity index (χ0n) is 12.6. The Labute approximate surface area is 139 Å². The van der Waals surface area contributed by atoms with Crippen LogP contribution in [0.1, 0.15) is 28.9 Å². The first-order valence-corrected chi connectivity index (χ1v) is 7.70. The predicted molar refractivity (Wildman–Crippen MR) is 94.0 cm³/mol. The van der Waals surface area contributed by atoms with Gasteiger partial charge in [0.1, 0.15) is 0 Å². The molecule has 23 heavy (non-hydrogen) atoms. The largest absolute Gasteiger partial charge is 0.389 e. The quantitative estimate of drug-likeness (QED) is 0.726. The summed E-state index contributed by atoms with van der Waals surface area (Å²) in [7, 11) is 0. The lowest BCUT2D eigenvalue weighted by atomic mass is 10.0. The van der Waals surface area contributed by atoms with Gasteiger partial charge in [0.15, 0.2) is 0 Å². The van der Waals surface area contributed by atoms with E-state index < -0.39 is 6.10 Å². The fraction of sp³-hybridized carbons (Fsp3) is 0.105. The summed E-state index contributed by atoms with van der Waals surface area (Å²) in [6.07, 6.45) is -0.528. The molecular weight excluding hydrogens is 310 g/mol. The SMILES string of the molecule is C[C@@H](O)c1ccc(NC(=O)c2cccc3c(Cl)cccc23)cc1. The van der Waals surface area contributed by atoms with Crippen LogP contribution in [-0.4, -0.2) is 11.0 Å². The Hall–Kier alpha value is -2.36. The minimum absolute atomic E-state index is 0.192. The maximum atomic E-state index is 12.6. The monoisotopic (exact) mass is 325 g/mol. The fourth-order valence-corrected chi connectivity index (χ4v) is 2.75. The normalized spacial score (nSPS) is 12.1. The highest BCUT2D eigenvalue weighted by Crippen LogP contribution is 2.26. The lowest BCUT2D eigenvalue weighted by Crippen LogP contribution is -2.12. The molecule has 0 unspecified atom stereocenters. The first-order valence-electron chi connectivity index (χ1n) is 7.33. The van der Waals surface area contributed by atoms with Crippen LogP contribution in [0.3, 0.4) is 0 Å². The molecule has 0 spiro atoms. The molecule has 3 nitrogen and oxygen atoms in total. The van der Waals surface area contributed by atoms with Crippen molar-refractivity contribution >= 4 is 34.0 Å². The molecule has 0 bridgehead atoms. The summed E-state index contributed by atoms with van der Waals surface area (Å²) >= 11 is 6.19. The van der Waals surface area contributed by atoms with E-state index in [4.69, 9.17) is 11.6 Å². The molecule has 0 fully saturated rings. The number of carbonyl (C=O) groups is 1. The number of anilines is 1. The van der Waals surface area contributed by atoms with Gasteiger partial charge >= 0.3 is 0 Å². The molecule has 0 aliphatic carbocycles. The number of halogens is 1. The van der Waals surface area contributed by atoms with E-state index in [1.54, 1.807) is 43.3 Å². The summed E-state index contributed by atoms with van der Waals surface area (Å²) in [6, 6.07) is 18.1. The molecule has 2 N–H and O–H groups in total. The van der Waals surface area contributed by atoms with Crippen molar-refractivity contribution in [3.05, 3.63) is 76.8 Å². The Balaban J connectivity index is 1.90. The number of benzene rings is 3. The van der Waals surface area contributed by atoms with Crippen molar-refractivity contribution in [1.29, 1.82) is 0 Å². The number of rotatable bonds is 3. The van der Waals surface area contributed by atoms with E-state index in [2.05, 4.69) is 5.32 Å². The lowest BCUT2D eigenvalue weighted by Gasteiger charge is -2.10. The molecule has 0 heterocycles. The van der Waals surface area contributed by atoms with Gasteiger partial charge in [-0.15, -0.1) is 0 Å². The third-order valence-electron chi connectivity index (χ3n) is 3.76. The molecule has 3 aromatic carbocycles. The van der Waals surface area contributed by atoms with Gasteiger partial charge < -0.3 is 10.4 Å². The zero-order valence-corrected chi connectivity index (χ0v) is 13.3. The number of fused-ring (bicyclic) bond motifs is 1. The molecule has 1 atom stereocenters. The molecule has 0 saturated heterocycles. The fourth-order valence-electron chi connectivity index (χ4n) is 2.51. The summed E-state index contributed by atoms with van der Waals surface area (Å²) in [5.74, 6) is -0.192. The summed E-state index contributed by atoms with van der Waals surface area (Å²) in [5, 5.41) is 14.7. The van der Waals surface area contributed by atoms with E-state index in [-0.39, 0.29) is 5.91 Å². The van der Waals surface area contributed by atoms with Crippen molar-refractivity contribution in [2.24, 2.45) is 0 Å². The standard InChI is InChI=1S/C19H16ClNO2/c1-12(22)13-8-10-14(11-9-13)21-19(23)17-6-2-5-16-15(17)4-3-7-18(16)20/h2-12,22H,1H3,(H,21,23)/t12-/m1/s1. The third-order valence-corrected chi connectivity index (χ3v) is 4.09. The Morgan fingerprint density at radius 2 is 1.65 bits per heavy atom. The van der Waals surface area contributed by atoms with Gasteiger partial charge in [0.25, 0.3) is 5.91 Å². The average molecular weight is 326 g/mol. The van der Waals surface area contributed by atoms with Gasteiger partial charge in [0, 0.05) is 21.7 Å². The molecule has 3 aromatic rings. The van der Waals surface area contributed by atoms with Crippen molar-refractivity contribution in [2.75, 3.05) is 5.32 Å². The molecule has 1 amide bonds. The highest BCUT2D eigenvalue weighted by atomic mass is 35.5. The second-order valence-corrected chi connectivity index (χ2v) is 5.80. The van der Waals surface area contributed by atoms with Crippen molar-refractivity contribution in [2.45, 2.75) is 13.0 Å². The molecule has 0 aliphatic heterocycles. The molecule has 0 radical (unpaired) electrons. The maximum Gasteiger partial charge on any atom is 0.256 e. The first kappa shape index (κ1) is 15.5. The Bertz CT molecular complexity index is 857. The van der Waals surface area contributed by atoms with Crippen LogP contribution in [0.2, 0.25) is 5.02 Å².